The maximum atomic E-state index is 15.8. The Kier molecular flexibility index (Phi) is 9.73. The van der Waals surface area contributed by atoms with Crippen LogP contribution in [0.15, 0.2) is 30.6 Å². The number of carbonyl (C=O) groups is 2. The lowest BCUT2D eigenvalue weighted by atomic mass is 9.81. The van der Waals surface area contributed by atoms with Gasteiger partial charge in [0.1, 0.15) is 5.56 Å². The van der Waals surface area contributed by atoms with E-state index in [1.165, 1.54) is 9.70 Å². The average Bonchev–Trinajstić information content (AvgIpc) is 3.81. The Labute approximate surface area is 275 Å². The summed E-state index contributed by atoms with van der Waals surface area (Å²) < 4.78 is 69.3. The van der Waals surface area contributed by atoms with E-state index in [2.05, 4.69) is 22.1 Å². The molecule has 1 N–H and O–H groups in total. The lowest BCUT2D eigenvalue weighted by molar-refractivity contribution is -0.139. The van der Waals surface area contributed by atoms with Gasteiger partial charge in [-0.3, -0.25) is 4.79 Å². The Morgan fingerprint density at radius 2 is 1.71 bits per heavy atom. The van der Waals surface area contributed by atoms with Gasteiger partial charge >= 0.3 is 12.1 Å². The van der Waals surface area contributed by atoms with Gasteiger partial charge < -0.3 is 19.5 Å². The van der Waals surface area contributed by atoms with E-state index in [0.29, 0.717) is 50.4 Å². The smallest absolute Gasteiger partial charge is 0.421 e. The number of pyridine rings is 1. The number of aromatic carboxylic acids is 1. The van der Waals surface area contributed by atoms with Gasteiger partial charge in [-0.15, -0.1) is 0 Å². The van der Waals surface area contributed by atoms with Crippen molar-refractivity contribution >= 4 is 17.6 Å². The van der Waals surface area contributed by atoms with Gasteiger partial charge in [0.2, 0.25) is 11.8 Å². The van der Waals surface area contributed by atoms with E-state index >= 15 is 4.39 Å². The predicted molar refractivity (Wildman–Crippen MR) is 165 cm³/mol. The highest BCUT2D eigenvalue weighted by Gasteiger charge is 2.39. The number of carbonyl (C=O) groups excluding carboxylic acids is 1. The van der Waals surface area contributed by atoms with Crippen molar-refractivity contribution in [2.75, 3.05) is 12.0 Å². The Bertz CT molecular complexity index is 1640. The van der Waals surface area contributed by atoms with Gasteiger partial charge in [0.25, 0.3) is 0 Å². The van der Waals surface area contributed by atoms with E-state index in [1.54, 1.807) is 13.3 Å². The van der Waals surface area contributed by atoms with Crippen LogP contribution in [-0.2, 0) is 22.3 Å². The molecule has 0 saturated heterocycles. The number of amides is 1. The molecule has 1 amide bonds. The fourth-order valence-corrected chi connectivity index (χ4v) is 6.82. The number of hydrogen-bond donors (Lipinski definition) is 1. The molecule has 258 valence electrons. The van der Waals surface area contributed by atoms with Crippen molar-refractivity contribution in [3.8, 4) is 11.6 Å². The highest BCUT2D eigenvalue weighted by Crippen LogP contribution is 2.42. The summed E-state index contributed by atoms with van der Waals surface area (Å²) in [5.41, 5.74) is -0.951. The van der Waals surface area contributed by atoms with Crippen molar-refractivity contribution in [3.63, 3.8) is 0 Å². The minimum atomic E-state index is -4.93. The third-order valence-corrected chi connectivity index (χ3v) is 9.78. The topological polar surface area (TPSA) is 120 Å². The van der Waals surface area contributed by atoms with Crippen molar-refractivity contribution in [2.45, 2.75) is 102 Å². The van der Waals surface area contributed by atoms with Crippen LogP contribution in [0, 0.1) is 17.7 Å². The van der Waals surface area contributed by atoms with Crippen LogP contribution in [0.3, 0.4) is 0 Å². The van der Waals surface area contributed by atoms with Crippen LogP contribution >= 0.6 is 0 Å². The van der Waals surface area contributed by atoms with Crippen LogP contribution in [0.4, 0.5) is 23.2 Å². The molecule has 10 nitrogen and oxygen atoms in total. The molecule has 2 heterocycles. The molecule has 14 heteroatoms. The van der Waals surface area contributed by atoms with Crippen molar-refractivity contribution in [3.05, 3.63) is 58.8 Å². The third kappa shape index (κ3) is 7.48. The molecule has 3 aliphatic carbocycles. The van der Waals surface area contributed by atoms with Crippen LogP contribution < -0.4 is 9.64 Å². The van der Waals surface area contributed by atoms with Crippen LogP contribution in [0.1, 0.15) is 104 Å². The molecule has 0 radical (unpaired) electrons. The fraction of sp³-hybridized carbons (Fsp3) is 0.559. The molecule has 6 rings (SSSR count). The Morgan fingerprint density at radius 1 is 1.00 bits per heavy atom. The van der Waals surface area contributed by atoms with E-state index in [-0.39, 0.29) is 35.7 Å². The maximum absolute atomic E-state index is 15.8. The van der Waals surface area contributed by atoms with Crippen molar-refractivity contribution in [1.29, 1.82) is 0 Å². The van der Waals surface area contributed by atoms with E-state index in [4.69, 9.17) is 9.47 Å². The zero-order chi connectivity index (χ0) is 34.2. The number of anilines is 1. The molecule has 3 aromatic rings. The molecule has 0 spiro atoms. The van der Waals surface area contributed by atoms with Gasteiger partial charge in [-0.05, 0) is 81.8 Å². The first-order valence-electron chi connectivity index (χ1n) is 16.5. The molecule has 2 aromatic heterocycles. The molecule has 0 aliphatic heterocycles. The number of alkyl halides is 3. The number of nitrogens with zero attached hydrogens (tertiary/aromatic N) is 5. The molecular formula is C34H39F4N5O5. The lowest BCUT2D eigenvalue weighted by Crippen LogP contribution is -2.47. The highest BCUT2D eigenvalue weighted by atomic mass is 19.4. The van der Waals surface area contributed by atoms with Gasteiger partial charge in [0, 0.05) is 43.3 Å². The molecule has 3 fully saturated rings. The molecule has 0 atom stereocenters. The Morgan fingerprint density at radius 3 is 2.33 bits per heavy atom. The number of halogens is 4. The lowest BCUT2D eigenvalue weighted by Gasteiger charge is -2.40. The third-order valence-electron chi connectivity index (χ3n) is 9.78. The van der Waals surface area contributed by atoms with Crippen LogP contribution in [0.2, 0.25) is 0 Å². The normalized spacial score (nSPS) is 23.1. The van der Waals surface area contributed by atoms with E-state index in [1.807, 2.05) is 0 Å². The number of ether oxygens (including phenoxy) is 2. The predicted octanol–water partition coefficient (Wildman–Crippen LogP) is 7.36. The van der Waals surface area contributed by atoms with Gasteiger partial charge in [-0.25, -0.2) is 14.2 Å². The number of methoxy groups -OCH3 is 1. The van der Waals surface area contributed by atoms with Crippen LogP contribution in [0.25, 0.3) is 0 Å². The largest absolute Gasteiger partial charge is 0.478 e. The molecular weight excluding hydrogens is 634 g/mol. The SMILES string of the molecule is COC1CCC(N(C(=O)C2CCC(C)CC2)c2cc(F)c(Oc3ncc(Cn4ncc(C5CC5)n4)cc3C(F)(F)F)cc2C(=O)O)CC1. The Balaban J connectivity index is 1.32. The summed E-state index contributed by atoms with van der Waals surface area (Å²) in [6, 6.07) is 2.14. The standard InChI is InChI=1S/C34H39F4N5O5/c1-19-3-5-22(6-4-19)32(44)43(23-9-11-24(47-2)12-10-23)29-15-27(35)30(14-25(29)33(45)46)48-31-26(34(36,37)38)13-20(16-39-31)18-42-40-17-28(41-42)21-7-8-21/h13-17,19,21-24H,3-12,18H2,1-2H3,(H,45,46). The highest BCUT2D eigenvalue weighted by molar-refractivity contribution is 6.03. The van der Waals surface area contributed by atoms with Gasteiger partial charge in [0.05, 0.1) is 35.8 Å². The van der Waals surface area contributed by atoms with Crippen molar-refractivity contribution in [2.24, 2.45) is 11.8 Å². The first kappa shape index (κ1) is 33.8. The first-order valence-corrected chi connectivity index (χ1v) is 16.5. The summed E-state index contributed by atoms with van der Waals surface area (Å²) >= 11 is 0. The number of rotatable bonds is 10. The monoisotopic (exact) mass is 673 g/mol. The number of carboxylic acids is 1. The van der Waals surface area contributed by atoms with Gasteiger partial charge in [-0.2, -0.15) is 28.2 Å². The second-order valence-electron chi connectivity index (χ2n) is 13.3. The first-order chi connectivity index (χ1) is 22.9. The molecule has 3 aliphatic rings. The summed E-state index contributed by atoms with van der Waals surface area (Å²) in [5.74, 6) is -4.13. The zero-order valence-electron chi connectivity index (χ0n) is 26.9. The summed E-state index contributed by atoms with van der Waals surface area (Å²) in [7, 11) is 1.61. The summed E-state index contributed by atoms with van der Waals surface area (Å²) in [6.07, 6.45) is 5.09. The maximum Gasteiger partial charge on any atom is 0.421 e. The van der Waals surface area contributed by atoms with Crippen LogP contribution in [-0.4, -0.2) is 56.2 Å². The number of benzene rings is 1. The second kappa shape index (κ2) is 13.8. The minimum Gasteiger partial charge on any atom is -0.478 e. The number of carboxylic acid groups (broad SMARTS) is 1. The molecule has 0 bridgehead atoms. The molecule has 3 saturated carbocycles. The van der Waals surface area contributed by atoms with E-state index < -0.39 is 46.8 Å². The Hall–Kier alpha value is -4.07. The minimum absolute atomic E-state index is 0.00192. The van der Waals surface area contributed by atoms with Crippen LogP contribution in [0.5, 0.6) is 11.6 Å². The number of aromatic nitrogens is 4. The molecule has 1 aromatic carbocycles. The van der Waals surface area contributed by atoms with Gasteiger partial charge in [-0.1, -0.05) is 6.92 Å². The number of hydrogen-bond acceptors (Lipinski definition) is 7. The fourth-order valence-electron chi connectivity index (χ4n) is 6.82. The molecule has 48 heavy (non-hydrogen) atoms. The summed E-state index contributed by atoms with van der Waals surface area (Å²) in [4.78, 5) is 33.2. The van der Waals surface area contributed by atoms with Crippen molar-refractivity contribution in [1.82, 2.24) is 20.0 Å². The summed E-state index contributed by atoms with van der Waals surface area (Å²) in [5, 5.41) is 18.7. The average molecular weight is 674 g/mol. The second-order valence-corrected chi connectivity index (χ2v) is 13.3. The molecule has 0 unspecified atom stereocenters. The zero-order valence-corrected chi connectivity index (χ0v) is 26.9. The van der Waals surface area contributed by atoms with E-state index in [0.717, 1.165) is 55.8 Å². The van der Waals surface area contributed by atoms with E-state index in [9.17, 15) is 27.9 Å². The van der Waals surface area contributed by atoms with Gasteiger partial charge in [0.15, 0.2) is 11.6 Å². The quantitative estimate of drug-likeness (QED) is 0.222. The summed E-state index contributed by atoms with van der Waals surface area (Å²) in [6.45, 7) is 2.04. The van der Waals surface area contributed by atoms with Crippen molar-refractivity contribution < 1.29 is 41.7 Å².